The first-order chi connectivity index (χ1) is 8.06. The second kappa shape index (κ2) is 4.00. The summed E-state index contributed by atoms with van der Waals surface area (Å²) in [6.45, 7) is 2.78. The molecule has 0 bridgehead atoms. The van der Waals surface area contributed by atoms with E-state index in [0.29, 0.717) is 5.41 Å². The molecule has 3 nitrogen and oxygen atoms in total. The maximum Gasteiger partial charge on any atom is 0.156 e. The van der Waals surface area contributed by atoms with Crippen molar-refractivity contribution in [1.29, 1.82) is 0 Å². The average Bonchev–Trinajstić information content (AvgIpc) is 2.18. The Balaban J connectivity index is 1.57. The van der Waals surface area contributed by atoms with Crippen LogP contribution in [0, 0.1) is 11.2 Å². The van der Waals surface area contributed by atoms with Gasteiger partial charge in [-0.15, -0.1) is 0 Å². The Morgan fingerprint density at radius 2 is 2.24 bits per heavy atom. The summed E-state index contributed by atoms with van der Waals surface area (Å²) in [5.74, 6) is -0.309. The fourth-order valence-electron chi connectivity index (χ4n) is 3.02. The van der Waals surface area contributed by atoms with Gasteiger partial charge in [0, 0.05) is 31.2 Å². The average molecular weight is 301 g/mol. The lowest BCUT2D eigenvalue weighted by Gasteiger charge is -2.58. The van der Waals surface area contributed by atoms with Crippen molar-refractivity contribution >= 4 is 15.9 Å². The first-order valence-corrected chi connectivity index (χ1v) is 6.56. The van der Waals surface area contributed by atoms with Crippen LogP contribution < -0.4 is 0 Å². The maximum atomic E-state index is 13.3. The number of hydrogen-bond donors (Lipinski definition) is 1. The standard InChI is InChI=1S/C12H14BrFN2O/c13-11-10(14)1-8(4-15-11)5-16-6-12(7-16)2-9(17)3-12/h1,4,9,17H,2-3,5-7H2. The van der Waals surface area contributed by atoms with Crippen LogP contribution in [0.5, 0.6) is 0 Å². The Bertz CT molecular complexity index is 440. The molecule has 2 heterocycles. The molecule has 1 saturated heterocycles. The number of hydrogen-bond acceptors (Lipinski definition) is 3. The minimum absolute atomic E-state index is 0.0936. The van der Waals surface area contributed by atoms with Crippen molar-refractivity contribution in [3.63, 3.8) is 0 Å². The van der Waals surface area contributed by atoms with Crippen molar-refractivity contribution in [3.05, 3.63) is 28.2 Å². The van der Waals surface area contributed by atoms with Crippen LogP contribution >= 0.6 is 15.9 Å². The molecule has 1 saturated carbocycles. The first-order valence-electron chi connectivity index (χ1n) is 5.77. The number of likely N-dealkylation sites (tertiary alicyclic amines) is 1. The van der Waals surface area contributed by atoms with Crippen LogP contribution in [0.1, 0.15) is 18.4 Å². The van der Waals surface area contributed by atoms with Crippen LogP contribution in [-0.4, -0.2) is 34.2 Å². The number of rotatable bonds is 2. The number of nitrogens with zero attached hydrogens (tertiary/aromatic N) is 2. The van der Waals surface area contributed by atoms with E-state index in [2.05, 4.69) is 25.8 Å². The molecule has 3 rings (SSSR count). The van der Waals surface area contributed by atoms with Crippen LogP contribution in [0.2, 0.25) is 0 Å². The van der Waals surface area contributed by atoms with Crippen molar-refractivity contribution in [2.75, 3.05) is 13.1 Å². The molecule has 0 unspecified atom stereocenters. The first kappa shape index (κ1) is 11.6. The molecule has 0 amide bonds. The smallest absolute Gasteiger partial charge is 0.156 e. The summed E-state index contributed by atoms with van der Waals surface area (Å²) in [6, 6.07) is 1.53. The van der Waals surface area contributed by atoms with Crippen molar-refractivity contribution < 1.29 is 9.50 Å². The van der Waals surface area contributed by atoms with Crippen LogP contribution in [0.15, 0.2) is 16.9 Å². The predicted molar refractivity (Wildman–Crippen MR) is 64.8 cm³/mol. The van der Waals surface area contributed by atoms with Gasteiger partial charge in [0.1, 0.15) is 4.60 Å². The van der Waals surface area contributed by atoms with E-state index in [1.807, 2.05) is 0 Å². The quantitative estimate of drug-likeness (QED) is 0.848. The van der Waals surface area contributed by atoms with E-state index in [1.54, 1.807) is 6.20 Å². The molecule has 0 aromatic carbocycles. The summed E-state index contributed by atoms with van der Waals surface area (Å²) >= 11 is 3.04. The third-order valence-electron chi connectivity index (χ3n) is 3.71. The zero-order valence-corrected chi connectivity index (χ0v) is 11.0. The minimum Gasteiger partial charge on any atom is -0.393 e. The van der Waals surface area contributed by atoms with Gasteiger partial charge in [0.15, 0.2) is 5.82 Å². The summed E-state index contributed by atoms with van der Waals surface area (Å²) in [4.78, 5) is 6.22. The lowest BCUT2D eigenvalue weighted by atomic mass is 9.62. The zero-order chi connectivity index (χ0) is 12.0. The molecule has 1 aromatic rings. The highest BCUT2D eigenvalue weighted by molar-refractivity contribution is 9.10. The number of aromatic nitrogens is 1. The topological polar surface area (TPSA) is 36.4 Å². The lowest BCUT2D eigenvalue weighted by molar-refractivity contribution is -0.131. The van der Waals surface area contributed by atoms with E-state index in [-0.39, 0.29) is 16.5 Å². The van der Waals surface area contributed by atoms with Gasteiger partial charge in [0.25, 0.3) is 0 Å². The largest absolute Gasteiger partial charge is 0.393 e. The predicted octanol–water partition coefficient (Wildman–Crippen LogP) is 1.94. The molecule has 0 radical (unpaired) electrons. The van der Waals surface area contributed by atoms with Gasteiger partial charge in [0.2, 0.25) is 0 Å². The van der Waals surface area contributed by atoms with Gasteiger partial charge in [-0.2, -0.15) is 0 Å². The highest BCUT2D eigenvalue weighted by Gasteiger charge is 2.51. The zero-order valence-electron chi connectivity index (χ0n) is 9.37. The normalized spacial score (nSPS) is 23.5. The van der Waals surface area contributed by atoms with E-state index in [0.717, 1.165) is 38.0 Å². The second-order valence-corrected chi connectivity index (χ2v) is 6.07. The highest BCUT2D eigenvalue weighted by Crippen LogP contribution is 2.48. The molecular formula is C12H14BrFN2O. The monoisotopic (exact) mass is 300 g/mol. The second-order valence-electron chi connectivity index (χ2n) is 5.32. The van der Waals surface area contributed by atoms with Gasteiger partial charge in [-0.05, 0) is 40.4 Å². The summed E-state index contributed by atoms with van der Waals surface area (Å²) in [5, 5.41) is 9.31. The van der Waals surface area contributed by atoms with Crippen molar-refractivity contribution in [3.8, 4) is 0 Å². The Labute approximate surface area is 108 Å². The van der Waals surface area contributed by atoms with Crippen LogP contribution in [0.25, 0.3) is 0 Å². The third-order valence-corrected chi connectivity index (χ3v) is 4.30. The van der Waals surface area contributed by atoms with Crippen LogP contribution in [-0.2, 0) is 6.54 Å². The maximum absolute atomic E-state index is 13.3. The SMILES string of the molecule is OC1CC2(C1)CN(Cc1cnc(Br)c(F)c1)C2. The number of aliphatic hydroxyl groups is 1. The molecule has 1 aliphatic carbocycles. The van der Waals surface area contributed by atoms with Crippen molar-refractivity contribution in [1.82, 2.24) is 9.88 Å². The molecule has 0 atom stereocenters. The molecular weight excluding hydrogens is 287 g/mol. The van der Waals surface area contributed by atoms with Gasteiger partial charge in [0.05, 0.1) is 6.10 Å². The van der Waals surface area contributed by atoms with E-state index in [4.69, 9.17) is 0 Å². The molecule has 1 aliphatic heterocycles. The molecule has 17 heavy (non-hydrogen) atoms. The molecule has 1 spiro atoms. The van der Waals surface area contributed by atoms with E-state index >= 15 is 0 Å². The third kappa shape index (κ3) is 2.11. The number of pyridine rings is 1. The molecule has 92 valence electrons. The van der Waals surface area contributed by atoms with Gasteiger partial charge < -0.3 is 5.11 Å². The molecule has 2 aliphatic rings. The van der Waals surface area contributed by atoms with Crippen molar-refractivity contribution in [2.45, 2.75) is 25.5 Å². The fourth-order valence-corrected chi connectivity index (χ4v) is 3.23. The van der Waals surface area contributed by atoms with E-state index in [9.17, 15) is 9.50 Å². The molecule has 1 aromatic heterocycles. The molecule has 2 fully saturated rings. The van der Waals surface area contributed by atoms with Gasteiger partial charge in [-0.25, -0.2) is 9.37 Å². The van der Waals surface area contributed by atoms with Crippen LogP contribution in [0.4, 0.5) is 4.39 Å². The minimum atomic E-state index is -0.309. The van der Waals surface area contributed by atoms with Crippen LogP contribution in [0.3, 0.4) is 0 Å². The summed E-state index contributed by atoms with van der Waals surface area (Å²) in [7, 11) is 0. The Hall–Kier alpha value is -0.520. The lowest BCUT2D eigenvalue weighted by Crippen LogP contribution is -2.63. The fraction of sp³-hybridized carbons (Fsp3) is 0.583. The Morgan fingerprint density at radius 1 is 1.53 bits per heavy atom. The summed E-state index contributed by atoms with van der Waals surface area (Å²) in [6.07, 6.45) is 3.46. The summed E-state index contributed by atoms with van der Waals surface area (Å²) in [5.41, 5.74) is 1.27. The number of aliphatic hydroxyl groups excluding tert-OH is 1. The Morgan fingerprint density at radius 3 is 2.82 bits per heavy atom. The van der Waals surface area contributed by atoms with Gasteiger partial charge in [-0.1, -0.05) is 0 Å². The number of halogens is 2. The summed E-state index contributed by atoms with van der Waals surface area (Å²) < 4.78 is 13.5. The Kier molecular flexibility index (Phi) is 2.72. The van der Waals surface area contributed by atoms with E-state index < -0.39 is 0 Å². The van der Waals surface area contributed by atoms with Gasteiger partial charge in [-0.3, -0.25) is 4.90 Å². The molecule has 1 N–H and O–H groups in total. The highest BCUT2D eigenvalue weighted by atomic mass is 79.9. The van der Waals surface area contributed by atoms with E-state index in [1.165, 1.54) is 6.07 Å². The van der Waals surface area contributed by atoms with Crippen molar-refractivity contribution in [2.24, 2.45) is 5.41 Å². The molecule has 5 heteroatoms. The van der Waals surface area contributed by atoms with Gasteiger partial charge >= 0.3 is 0 Å².